The number of phosphoric acid groups is 1. The molecule has 0 saturated carbocycles. The molecule has 9 heteroatoms. The highest BCUT2D eigenvalue weighted by Crippen LogP contribution is 2.35. The minimum Gasteiger partial charge on any atom is -0.458 e. The fourth-order valence-corrected chi connectivity index (χ4v) is 4.76. The number of carbonyl (C=O) groups is 2. The van der Waals surface area contributed by atoms with Crippen molar-refractivity contribution in [3.63, 3.8) is 0 Å². The van der Waals surface area contributed by atoms with Gasteiger partial charge in [-0.25, -0.2) is 9.36 Å². The molecule has 0 aromatic carbocycles. The number of unbranched alkanes of at least 4 members (excludes halogenated alkanes) is 18. The standard InChI is InChI=1S/C32H59O8P/c1-3-5-7-9-11-13-14-15-16-17-18-19-21-22-24-26-31(33)38-28-30(29-39-41(35,36)37)40-32(34)27-25-23-20-12-10-8-6-4-2/h21-22,24,26,30H,3-20,23,25,27-29H2,1-2H3,(H2,35,36,37)/b22-21+,26-24+/t30-/m1/s1. The van der Waals surface area contributed by atoms with Gasteiger partial charge in [-0.15, -0.1) is 0 Å². The molecule has 41 heavy (non-hydrogen) atoms. The highest BCUT2D eigenvalue weighted by Gasteiger charge is 2.22. The van der Waals surface area contributed by atoms with Crippen LogP contribution >= 0.6 is 7.82 Å². The second-order valence-electron chi connectivity index (χ2n) is 10.9. The fraction of sp³-hybridized carbons (Fsp3) is 0.812. The average molecular weight is 603 g/mol. The molecule has 0 aliphatic carbocycles. The Morgan fingerprint density at radius 3 is 1.68 bits per heavy atom. The highest BCUT2D eigenvalue weighted by atomic mass is 31.2. The van der Waals surface area contributed by atoms with Crippen LogP contribution in [0.4, 0.5) is 0 Å². The predicted molar refractivity (Wildman–Crippen MR) is 165 cm³/mol. The molecule has 0 aliphatic heterocycles. The first kappa shape index (κ1) is 39.5. The molecule has 8 nitrogen and oxygen atoms in total. The van der Waals surface area contributed by atoms with Gasteiger partial charge in [0.25, 0.3) is 0 Å². The lowest BCUT2D eigenvalue weighted by Gasteiger charge is -2.18. The number of hydrogen-bond donors (Lipinski definition) is 2. The maximum atomic E-state index is 12.2. The summed E-state index contributed by atoms with van der Waals surface area (Å²) in [6.45, 7) is 3.51. The van der Waals surface area contributed by atoms with Crippen LogP contribution in [0.25, 0.3) is 0 Å². The zero-order chi connectivity index (χ0) is 30.4. The van der Waals surface area contributed by atoms with Gasteiger partial charge in [-0.3, -0.25) is 9.32 Å². The van der Waals surface area contributed by atoms with E-state index in [-0.39, 0.29) is 13.0 Å². The number of phosphoric ester groups is 1. The number of allylic oxidation sites excluding steroid dienone is 3. The summed E-state index contributed by atoms with van der Waals surface area (Å²) >= 11 is 0. The highest BCUT2D eigenvalue weighted by molar-refractivity contribution is 7.46. The van der Waals surface area contributed by atoms with Crippen molar-refractivity contribution in [2.45, 2.75) is 155 Å². The first-order valence-corrected chi connectivity index (χ1v) is 17.7. The van der Waals surface area contributed by atoms with Crippen LogP contribution in [0.2, 0.25) is 0 Å². The summed E-state index contributed by atoms with van der Waals surface area (Å²) < 4.78 is 25.9. The largest absolute Gasteiger partial charge is 0.469 e. The maximum Gasteiger partial charge on any atom is 0.469 e. The predicted octanol–water partition coefficient (Wildman–Crippen LogP) is 8.90. The molecule has 0 rings (SSSR count). The number of esters is 2. The summed E-state index contributed by atoms with van der Waals surface area (Å²) in [6.07, 6.45) is 29.8. The van der Waals surface area contributed by atoms with Gasteiger partial charge in [-0.1, -0.05) is 141 Å². The summed E-state index contributed by atoms with van der Waals surface area (Å²) in [5.74, 6) is -1.14. The van der Waals surface area contributed by atoms with Crippen molar-refractivity contribution in [2.75, 3.05) is 13.2 Å². The molecule has 0 aromatic heterocycles. The number of hydrogen-bond acceptors (Lipinski definition) is 6. The Balaban J connectivity index is 4.11. The summed E-state index contributed by atoms with van der Waals surface area (Å²) in [5.41, 5.74) is 0. The van der Waals surface area contributed by atoms with Gasteiger partial charge in [0.2, 0.25) is 0 Å². The van der Waals surface area contributed by atoms with Crippen LogP contribution in [0, 0.1) is 0 Å². The van der Waals surface area contributed by atoms with Gasteiger partial charge in [0, 0.05) is 12.5 Å². The monoisotopic (exact) mass is 602 g/mol. The molecule has 0 spiro atoms. The van der Waals surface area contributed by atoms with Crippen molar-refractivity contribution in [1.82, 2.24) is 0 Å². The summed E-state index contributed by atoms with van der Waals surface area (Å²) in [7, 11) is -4.75. The molecule has 0 aliphatic rings. The van der Waals surface area contributed by atoms with Crippen molar-refractivity contribution >= 4 is 19.8 Å². The van der Waals surface area contributed by atoms with Gasteiger partial charge in [0.15, 0.2) is 6.10 Å². The quantitative estimate of drug-likeness (QED) is 0.0286. The fourth-order valence-electron chi connectivity index (χ4n) is 4.40. The number of ether oxygens (including phenoxy) is 2. The lowest BCUT2D eigenvalue weighted by atomic mass is 10.1. The molecular formula is C32H59O8P. The Bertz CT molecular complexity index is 731. The third kappa shape index (κ3) is 31.3. The molecule has 0 fully saturated rings. The maximum absolute atomic E-state index is 12.2. The van der Waals surface area contributed by atoms with E-state index in [2.05, 4.69) is 18.4 Å². The van der Waals surface area contributed by atoms with E-state index in [1.54, 1.807) is 12.2 Å². The molecule has 0 saturated heterocycles. The summed E-state index contributed by atoms with van der Waals surface area (Å²) in [6, 6.07) is 0. The number of rotatable bonds is 29. The average Bonchev–Trinajstić information content (AvgIpc) is 2.93. The van der Waals surface area contributed by atoms with Gasteiger partial charge >= 0.3 is 19.8 Å². The third-order valence-electron chi connectivity index (χ3n) is 6.83. The van der Waals surface area contributed by atoms with E-state index < -0.39 is 32.5 Å². The van der Waals surface area contributed by atoms with Crippen LogP contribution < -0.4 is 0 Å². The van der Waals surface area contributed by atoms with Crippen LogP contribution in [0.5, 0.6) is 0 Å². The van der Waals surface area contributed by atoms with Gasteiger partial charge in [-0.2, -0.15) is 0 Å². The molecule has 1 atom stereocenters. The molecule has 0 amide bonds. The van der Waals surface area contributed by atoms with E-state index in [4.69, 9.17) is 19.3 Å². The zero-order valence-corrected chi connectivity index (χ0v) is 26.8. The van der Waals surface area contributed by atoms with Crippen molar-refractivity contribution in [1.29, 1.82) is 0 Å². The normalized spacial score (nSPS) is 12.8. The van der Waals surface area contributed by atoms with Crippen LogP contribution in [-0.2, 0) is 28.2 Å². The molecular weight excluding hydrogens is 543 g/mol. The van der Waals surface area contributed by atoms with Gasteiger partial charge in [-0.05, 0) is 19.3 Å². The van der Waals surface area contributed by atoms with Crippen molar-refractivity contribution in [3.05, 3.63) is 24.3 Å². The SMILES string of the molecule is CCCCCCCCCCCCC/C=C/C=C/C(=O)OC[C@H](COP(=O)(O)O)OC(=O)CCCCCCCCCC. The third-order valence-corrected chi connectivity index (χ3v) is 7.31. The molecule has 0 heterocycles. The lowest BCUT2D eigenvalue weighted by molar-refractivity contribution is -0.159. The first-order chi connectivity index (χ1) is 19.8. The molecule has 0 radical (unpaired) electrons. The van der Waals surface area contributed by atoms with E-state index in [0.717, 1.165) is 32.1 Å². The van der Waals surface area contributed by atoms with Crippen molar-refractivity contribution < 1.29 is 37.9 Å². The van der Waals surface area contributed by atoms with E-state index in [0.29, 0.717) is 6.42 Å². The van der Waals surface area contributed by atoms with E-state index in [1.807, 2.05) is 6.08 Å². The van der Waals surface area contributed by atoms with Gasteiger partial charge in [0.05, 0.1) is 6.61 Å². The topological polar surface area (TPSA) is 119 Å². The van der Waals surface area contributed by atoms with Gasteiger partial charge in [0.1, 0.15) is 6.61 Å². The van der Waals surface area contributed by atoms with Crippen LogP contribution in [0.15, 0.2) is 24.3 Å². The Morgan fingerprint density at radius 2 is 1.17 bits per heavy atom. The Labute approximate surface area is 249 Å². The lowest BCUT2D eigenvalue weighted by Crippen LogP contribution is -2.29. The minimum absolute atomic E-state index is 0.194. The van der Waals surface area contributed by atoms with Gasteiger partial charge < -0.3 is 19.3 Å². The molecule has 0 bridgehead atoms. The molecule has 2 N–H and O–H groups in total. The van der Waals surface area contributed by atoms with Crippen LogP contribution in [0.1, 0.15) is 149 Å². The Morgan fingerprint density at radius 1 is 0.683 bits per heavy atom. The van der Waals surface area contributed by atoms with Crippen LogP contribution in [-0.4, -0.2) is 41.0 Å². The van der Waals surface area contributed by atoms with E-state index in [1.165, 1.54) is 96.0 Å². The first-order valence-electron chi connectivity index (χ1n) is 16.2. The second-order valence-corrected chi connectivity index (χ2v) is 12.1. The summed E-state index contributed by atoms with van der Waals surface area (Å²) in [4.78, 5) is 42.2. The minimum atomic E-state index is -4.75. The smallest absolute Gasteiger partial charge is 0.458 e. The Hall–Kier alpha value is -1.47. The molecule has 240 valence electrons. The van der Waals surface area contributed by atoms with Crippen molar-refractivity contribution in [2.24, 2.45) is 0 Å². The van der Waals surface area contributed by atoms with Crippen LogP contribution in [0.3, 0.4) is 0 Å². The summed E-state index contributed by atoms with van der Waals surface area (Å²) in [5, 5.41) is 0. The Kier molecular flexibility index (Phi) is 27.6. The molecule has 0 unspecified atom stereocenters. The van der Waals surface area contributed by atoms with Crippen molar-refractivity contribution in [3.8, 4) is 0 Å². The van der Waals surface area contributed by atoms with E-state index in [9.17, 15) is 14.2 Å². The zero-order valence-electron chi connectivity index (χ0n) is 25.9. The number of carbonyl (C=O) groups excluding carboxylic acids is 2. The second kappa shape index (κ2) is 28.6. The molecule has 0 aromatic rings. The van der Waals surface area contributed by atoms with E-state index >= 15 is 0 Å².